The number of ether oxygens (including phenoxy) is 1. The zero-order chi connectivity index (χ0) is 26.2. The van der Waals surface area contributed by atoms with Gasteiger partial charge in [0.1, 0.15) is 16.7 Å². The predicted octanol–water partition coefficient (Wildman–Crippen LogP) is 4.27. The molecule has 2 spiro atoms. The maximum Gasteiger partial charge on any atom is 0.251 e. The van der Waals surface area contributed by atoms with Gasteiger partial charge in [0.2, 0.25) is 5.91 Å². The summed E-state index contributed by atoms with van der Waals surface area (Å²) in [6.45, 7) is 2.70. The van der Waals surface area contributed by atoms with Gasteiger partial charge in [0.25, 0.3) is 5.91 Å². The molecule has 7 nitrogen and oxygen atoms in total. The molecule has 0 bridgehead atoms. The number of anilines is 2. The number of amides is 2. The Morgan fingerprint density at radius 2 is 1.71 bits per heavy atom. The quantitative estimate of drug-likeness (QED) is 0.515. The summed E-state index contributed by atoms with van der Waals surface area (Å²) in [5.74, 6) is -1.03. The molecular weight excluding hydrogens is 478 g/mol. The highest BCUT2D eigenvalue weighted by molar-refractivity contribution is 6.21. The Hall–Kier alpha value is -3.97. The molecule has 0 aliphatic carbocycles. The van der Waals surface area contributed by atoms with Crippen molar-refractivity contribution in [3.8, 4) is 5.75 Å². The Morgan fingerprint density at radius 3 is 2.53 bits per heavy atom. The normalized spacial score (nSPS) is 28.8. The highest BCUT2D eigenvalue weighted by Crippen LogP contribution is 2.68. The summed E-state index contributed by atoms with van der Waals surface area (Å²) in [6.07, 6.45) is 2.36. The van der Waals surface area contributed by atoms with Crippen molar-refractivity contribution in [3.05, 3.63) is 89.0 Å². The van der Waals surface area contributed by atoms with Crippen LogP contribution >= 0.6 is 0 Å². The second-order valence-corrected chi connectivity index (χ2v) is 10.7. The number of fused-ring (bicyclic) bond motifs is 7. The van der Waals surface area contributed by atoms with Crippen LogP contribution in [0.15, 0.2) is 66.7 Å². The van der Waals surface area contributed by atoms with Gasteiger partial charge >= 0.3 is 0 Å². The van der Waals surface area contributed by atoms with E-state index in [2.05, 4.69) is 28.5 Å². The van der Waals surface area contributed by atoms with Crippen molar-refractivity contribution in [1.82, 2.24) is 4.90 Å². The molecule has 2 amide bonds. The summed E-state index contributed by atoms with van der Waals surface area (Å²) in [4.78, 5) is 46.0. The summed E-state index contributed by atoms with van der Waals surface area (Å²) in [5.41, 5.74) is 1.57. The first-order chi connectivity index (χ1) is 18.5. The summed E-state index contributed by atoms with van der Waals surface area (Å²) >= 11 is 0. The van der Waals surface area contributed by atoms with Gasteiger partial charge in [-0.05, 0) is 61.2 Å². The number of nitrogens with one attached hydrogen (secondary N) is 2. The van der Waals surface area contributed by atoms with E-state index >= 15 is 0 Å². The molecule has 0 aromatic heterocycles. The molecule has 38 heavy (non-hydrogen) atoms. The number of hydrogen-bond acceptors (Lipinski definition) is 5. The number of aryl methyl sites for hydroxylation is 1. The van der Waals surface area contributed by atoms with Crippen molar-refractivity contribution in [3.63, 3.8) is 0 Å². The topological polar surface area (TPSA) is 87.7 Å². The molecule has 4 heterocycles. The van der Waals surface area contributed by atoms with E-state index in [0.717, 1.165) is 30.4 Å². The first-order valence-electron chi connectivity index (χ1n) is 13.3. The maximum atomic E-state index is 14.7. The van der Waals surface area contributed by atoms with Crippen LogP contribution in [0.3, 0.4) is 0 Å². The number of carbonyl (C=O) groups excluding carboxylic acids is 3. The Labute approximate surface area is 221 Å². The fraction of sp³-hybridized carbons (Fsp3) is 0.323. The Morgan fingerprint density at radius 1 is 0.974 bits per heavy atom. The van der Waals surface area contributed by atoms with Gasteiger partial charge in [-0.15, -0.1) is 0 Å². The van der Waals surface area contributed by atoms with E-state index in [1.165, 1.54) is 0 Å². The largest absolute Gasteiger partial charge is 0.496 e. The van der Waals surface area contributed by atoms with Crippen molar-refractivity contribution in [2.45, 2.75) is 43.2 Å². The first-order valence-corrected chi connectivity index (χ1v) is 13.3. The van der Waals surface area contributed by atoms with E-state index in [-0.39, 0.29) is 23.6 Å². The minimum Gasteiger partial charge on any atom is -0.496 e. The zero-order valence-electron chi connectivity index (χ0n) is 21.4. The van der Waals surface area contributed by atoms with Gasteiger partial charge in [0.05, 0.1) is 18.6 Å². The lowest BCUT2D eigenvalue weighted by molar-refractivity contribution is -0.137. The number of para-hydroxylation sites is 2. The smallest absolute Gasteiger partial charge is 0.251 e. The molecule has 0 unspecified atom stereocenters. The summed E-state index contributed by atoms with van der Waals surface area (Å²) < 4.78 is 5.60. The van der Waals surface area contributed by atoms with E-state index in [1.54, 1.807) is 19.2 Å². The minimum atomic E-state index is -1.45. The van der Waals surface area contributed by atoms with E-state index in [0.29, 0.717) is 34.8 Å². The molecular formula is C31H29N3O4. The highest BCUT2D eigenvalue weighted by atomic mass is 16.5. The number of hydrogen-bond donors (Lipinski definition) is 2. The number of Topliss-reactive ketones (excluding diaryl/α,β-unsaturated/α-hetero) is 1. The number of carbonyl (C=O) groups is 3. The monoisotopic (exact) mass is 507 g/mol. The average molecular weight is 508 g/mol. The van der Waals surface area contributed by atoms with Crippen molar-refractivity contribution in [2.75, 3.05) is 24.3 Å². The lowest BCUT2D eigenvalue weighted by Crippen LogP contribution is -2.62. The minimum absolute atomic E-state index is 0.170. The van der Waals surface area contributed by atoms with Crippen LogP contribution in [0.2, 0.25) is 0 Å². The van der Waals surface area contributed by atoms with Crippen LogP contribution in [0, 0.1) is 5.92 Å². The van der Waals surface area contributed by atoms with E-state index in [4.69, 9.17) is 4.74 Å². The lowest BCUT2D eigenvalue weighted by atomic mass is 9.57. The fourth-order valence-electron chi connectivity index (χ4n) is 7.86. The van der Waals surface area contributed by atoms with Crippen LogP contribution in [0.4, 0.5) is 11.4 Å². The molecule has 7 heteroatoms. The zero-order valence-corrected chi connectivity index (χ0v) is 21.4. The maximum absolute atomic E-state index is 14.7. The van der Waals surface area contributed by atoms with Crippen molar-refractivity contribution >= 4 is 29.0 Å². The van der Waals surface area contributed by atoms with Crippen LogP contribution in [0.5, 0.6) is 5.75 Å². The van der Waals surface area contributed by atoms with Gasteiger partial charge in [-0.3, -0.25) is 19.3 Å². The van der Waals surface area contributed by atoms with Crippen molar-refractivity contribution in [2.24, 2.45) is 5.92 Å². The van der Waals surface area contributed by atoms with Gasteiger partial charge in [0, 0.05) is 23.0 Å². The molecule has 0 radical (unpaired) electrons. The summed E-state index contributed by atoms with van der Waals surface area (Å²) in [7, 11) is 1.55. The Kier molecular flexibility index (Phi) is 4.89. The highest BCUT2D eigenvalue weighted by Gasteiger charge is 2.81. The second-order valence-electron chi connectivity index (χ2n) is 10.7. The molecule has 2 fully saturated rings. The molecule has 2 N–H and O–H groups in total. The summed E-state index contributed by atoms with van der Waals surface area (Å²) in [5, 5.41) is 6.21. The van der Waals surface area contributed by atoms with Gasteiger partial charge in [-0.25, -0.2) is 0 Å². The third-order valence-electron chi connectivity index (χ3n) is 9.22. The third kappa shape index (κ3) is 2.55. The molecule has 7 rings (SSSR count). The molecule has 4 aliphatic rings. The Bertz CT molecular complexity index is 1530. The number of methoxy groups -OCH3 is 1. The van der Waals surface area contributed by atoms with Crippen LogP contribution < -0.4 is 15.4 Å². The number of nitrogens with zero attached hydrogens (tertiary/aromatic N) is 1. The summed E-state index contributed by atoms with van der Waals surface area (Å²) in [6, 6.07) is 20.4. The number of rotatable bonds is 4. The Balaban J connectivity index is 1.59. The van der Waals surface area contributed by atoms with Crippen LogP contribution in [0.25, 0.3) is 0 Å². The third-order valence-corrected chi connectivity index (χ3v) is 9.22. The lowest BCUT2D eigenvalue weighted by Gasteiger charge is -2.43. The van der Waals surface area contributed by atoms with Crippen LogP contribution in [-0.4, -0.2) is 42.2 Å². The van der Waals surface area contributed by atoms with Gasteiger partial charge < -0.3 is 15.4 Å². The fourth-order valence-corrected chi connectivity index (χ4v) is 7.86. The van der Waals surface area contributed by atoms with Gasteiger partial charge in [0.15, 0.2) is 5.78 Å². The van der Waals surface area contributed by atoms with Gasteiger partial charge in [-0.1, -0.05) is 49.4 Å². The molecule has 4 aliphatic heterocycles. The number of ketones is 1. The molecule has 3 aromatic rings. The molecule has 0 saturated carbocycles. The van der Waals surface area contributed by atoms with E-state index in [9.17, 15) is 14.4 Å². The molecule has 4 atom stereocenters. The number of benzene rings is 3. The van der Waals surface area contributed by atoms with E-state index < -0.39 is 16.9 Å². The van der Waals surface area contributed by atoms with Gasteiger partial charge in [-0.2, -0.15) is 0 Å². The van der Waals surface area contributed by atoms with E-state index in [1.807, 2.05) is 48.5 Å². The molecule has 3 aromatic carbocycles. The average Bonchev–Trinajstić information content (AvgIpc) is 3.66. The van der Waals surface area contributed by atoms with Crippen LogP contribution in [0.1, 0.15) is 46.8 Å². The molecule has 2 saturated heterocycles. The van der Waals surface area contributed by atoms with Crippen LogP contribution in [-0.2, 0) is 27.0 Å². The SMILES string of the molecule is CCc1ccc2c(c1)[C@]1(C(=O)N2)N2CCC[C@@H]2[C@@H](C(=O)c2ccccc2OC)[C@@]12C(=O)Nc1ccccc12. The standard InChI is InChI=1S/C31H29N3O4/c1-3-18-14-15-23-21(17-18)31(29(37)33-23)30(20-10-5-6-11-22(20)32-28(30)36)26(24-12-8-16-34(24)31)27(35)19-9-4-7-13-25(19)38-2/h4-7,9-11,13-15,17,24,26H,3,8,12,16H2,1-2H3,(H,32,36)(H,33,37)/t24-,26+,30+,31-/m1/s1. The van der Waals surface area contributed by atoms with Crippen molar-refractivity contribution < 1.29 is 19.1 Å². The molecule has 192 valence electrons. The van der Waals surface area contributed by atoms with Crippen molar-refractivity contribution in [1.29, 1.82) is 0 Å². The first kappa shape index (κ1) is 23.2. The second kappa shape index (κ2) is 8.01. The predicted molar refractivity (Wildman–Crippen MR) is 143 cm³/mol.